The van der Waals surface area contributed by atoms with Gasteiger partial charge >= 0.3 is 0 Å². The maximum Gasteiger partial charge on any atom is 0.214 e. The second-order valence-electron chi connectivity index (χ2n) is 8.55. The van der Waals surface area contributed by atoms with Crippen molar-refractivity contribution in [3.05, 3.63) is 77.5 Å². The minimum Gasteiger partial charge on any atom is -0.287 e. The maximum atomic E-state index is 13.7. The smallest absolute Gasteiger partial charge is 0.214 e. The topological polar surface area (TPSA) is 34.9 Å². The van der Waals surface area contributed by atoms with Crippen LogP contribution in [0.25, 0.3) is 21.7 Å². The first-order chi connectivity index (χ1) is 14.8. The molecule has 3 heteroatoms. The Morgan fingerprint density at radius 2 is 1.60 bits per heavy atom. The second-order valence-corrected chi connectivity index (χ2v) is 8.55. The number of rotatable bonds is 5. The van der Waals surface area contributed by atoms with E-state index in [4.69, 9.17) is 5.10 Å². The minimum atomic E-state index is 0.0208. The molecule has 1 aromatic heterocycles. The van der Waals surface area contributed by atoms with Crippen LogP contribution in [-0.2, 0) is 13.0 Å². The Bertz CT molecular complexity index is 1210. The lowest BCUT2D eigenvalue weighted by molar-refractivity contribution is 0.103. The van der Waals surface area contributed by atoms with Gasteiger partial charge in [-0.1, -0.05) is 80.8 Å². The highest BCUT2D eigenvalue weighted by Gasteiger charge is 2.22. The lowest BCUT2D eigenvalue weighted by Gasteiger charge is -2.21. The van der Waals surface area contributed by atoms with Crippen molar-refractivity contribution in [2.24, 2.45) is 5.92 Å². The van der Waals surface area contributed by atoms with E-state index < -0.39 is 0 Å². The van der Waals surface area contributed by atoms with E-state index in [1.807, 2.05) is 36.4 Å². The lowest BCUT2D eigenvalue weighted by atomic mass is 9.89. The number of nitrogens with zero attached hydrogens (tertiary/aromatic N) is 2. The van der Waals surface area contributed by atoms with Crippen molar-refractivity contribution in [3.8, 4) is 0 Å². The molecular formula is C27H28N2O. The van der Waals surface area contributed by atoms with Crippen LogP contribution in [0.5, 0.6) is 0 Å². The van der Waals surface area contributed by atoms with E-state index in [2.05, 4.69) is 35.9 Å². The van der Waals surface area contributed by atoms with Crippen molar-refractivity contribution < 1.29 is 4.79 Å². The third kappa shape index (κ3) is 3.32. The number of carbonyl (C=O) groups excluding carboxylic acids is 1. The average molecular weight is 397 g/mol. The Kier molecular flexibility index (Phi) is 5.12. The van der Waals surface area contributed by atoms with Crippen LogP contribution in [0.4, 0.5) is 0 Å². The van der Waals surface area contributed by atoms with E-state index in [1.165, 1.54) is 37.7 Å². The van der Waals surface area contributed by atoms with E-state index in [9.17, 15) is 4.79 Å². The van der Waals surface area contributed by atoms with Crippen molar-refractivity contribution in [1.82, 2.24) is 9.78 Å². The number of aromatic nitrogens is 2. The van der Waals surface area contributed by atoms with E-state index in [0.29, 0.717) is 11.6 Å². The molecule has 1 heterocycles. The summed E-state index contributed by atoms with van der Waals surface area (Å²) in [6.07, 6.45) is 7.45. The number of para-hydroxylation sites is 1. The zero-order valence-electron chi connectivity index (χ0n) is 17.6. The highest BCUT2D eigenvalue weighted by atomic mass is 16.1. The van der Waals surface area contributed by atoms with Crippen molar-refractivity contribution in [2.75, 3.05) is 0 Å². The van der Waals surface area contributed by atoms with Gasteiger partial charge in [-0.2, -0.15) is 5.10 Å². The summed E-state index contributed by atoms with van der Waals surface area (Å²) in [4.78, 5) is 13.7. The summed E-state index contributed by atoms with van der Waals surface area (Å²) < 4.78 is 2.08. The predicted molar refractivity (Wildman–Crippen MR) is 123 cm³/mol. The Labute approximate surface area is 177 Å². The summed E-state index contributed by atoms with van der Waals surface area (Å²) in [5.41, 5.74) is 3.67. The van der Waals surface area contributed by atoms with Gasteiger partial charge in [-0.25, -0.2) is 0 Å². The fraction of sp³-hybridized carbons (Fsp3) is 0.333. The fourth-order valence-electron chi connectivity index (χ4n) is 5.04. The molecule has 0 atom stereocenters. The van der Waals surface area contributed by atoms with Crippen LogP contribution in [-0.4, -0.2) is 15.6 Å². The van der Waals surface area contributed by atoms with Gasteiger partial charge in [0, 0.05) is 17.5 Å². The van der Waals surface area contributed by atoms with Gasteiger partial charge in [0.05, 0.1) is 5.52 Å². The molecule has 0 amide bonds. The molecule has 1 fully saturated rings. The molecule has 0 bridgehead atoms. The first-order valence-corrected chi connectivity index (χ1v) is 11.3. The summed E-state index contributed by atoms with van der Waals surface area (Å²) in [7, 11) is 0. The van der Waals surface area contributed by atoms with Gasteiger partial charge < -0.3 is 0 Å². The second kappa shape index (κ2) is 8.06. The number of carbonyl (C=O) groups is 1. The number of fused-ring (bicyclic) bond motifs is 2. The van der Waals surface area contributed by atoms with Crippen LogP contribution >= 0.6 is 0 Å². The summed E-state index contributed by atoms with van der Waals surface area (Å²) in [6.45, 7) is 3.06. The van der Waals surface area contributed by atoms with Gasteiger partial charge in [-0.05, 0) is 47.6 Å². The molecule has 3 nitrogen and oxygen atoms in total. The molecule has 1 saturated carbocycles. The highest BCUT2D eigenvalue weighted by molar-refractivity contribution is 6.20. The van der Waals surface area contributed by atoms with Crippen LogP contribution in [0.1, 0.15) is 60.6 Å². The standard InChI is InChI=1S/C27H28N2O/c1-2-20-16-17-23(22-13-7-6-12-21(20)22)27(30)26-24-14-8-9-15-25(24)29(28-26)18-19-10-4-3-5-11-19/h6-9,12-17,19H,2-5,10-11,18H2,1H3. The maximum absolute atomic E-state index is 13.7. The van der Waals surface area contributed by atoms with Crippen molar-refractivity contribution in [3.63, 3.8) is 0 Å². The van der Waals surface area contributed by atoms with Crippen LogP contribution in [0, 0.1) is 5.92 Å². The minimum absolute atomic E-state index is 0.0208. The Morgan fingerprint density at radius 1 is 0.900 bits per heavy atom. The van der Waals surface area contributed by atoms with Gasteiger partial charge in [0.25, 0.3) is 0 Å². The van der Waals surface area contributed by atoms with E-state index in [-0.39, 0.29) is 5.78 Å². The first kappa shape index (κ1) is 19.0. The molecule has 0 saturated heterocycles. The Hall–Kier alpha value is -2.94. The largest absolute Gasteiger partial charge is 0.287 e. The zero-order chi connectivity index (χ0) is 20.5. The Morgan fingerprint density at radius 3 is 2.37 bits per heavy atom. The lowest BCUT2D eigenvalue weighted by Crippen LogP contribution is -2.15. The predicted octanol–water partition coefficient (Wildman–Crippen LogP) is 6.56. The molecule has 3 aromatic carbocycles. The van der Waals surface area contributed by atoms with Gasteiger partial charge in [-0.3, -0.25) is 9.48 Å². The molecule has 0 radical (unpaired) electrons. The van der Waals surface area contributed by atoms with E-state index in [0.717, 1.165) is 40.2 Å². The molecular weight excluding hydrogens is 368 g/mol. The third-order valence-corrected chi connectivity index (χ3v) is 6.67. The molecule has 152 valence electrons. The number of ketones is 1. The van der Waals surface area contributed by atoms with Crippen LogP contribution < -0.4 is 0 Å². The van der Waals surface area contributed by atoms with Crippen LogP contribution in [0.15, 0.2) is 60.7 Å². The van der Waals surface area contributed by atoms with E-state index >= 15 is 0 Å². The highest BCUT2D eigenvalue weighted by Crippen LogP contribution is 2.30. The molecule has 0 unspecified atom stereocenters. The van der Waals surface area contributed by atoms with Crippen molar-refractivity contribution in [2.45, 2.75) is 52.0 Å². The quantitative estimate of drug-likeness (QED) is 0.358. The van der Waals surface area contributed by atoms with Crippen LogP contribution in [0.2, 0.25) is 0 Å². The Balaban J connectivity index is 1.60. The molecule has 0 N–H and O–H groups in total. The number of benzene rings is 3. The normalized spacial score (nSPS) is 15.1. The zero-order valence-corrected chi connectivity index (χ0v) is 17.6. The summed E-state index contributed by atoms with van der Waals surface area (Å²) in [6, 6.07) is 20.5. The van der Waals surface area contributed by atoms with Gasteiger partial charge in [0.15, 0.2) is 0 Å². The van der Waals surface area contributed by atoms with Gasteiger partial charge in [0.2, 0.25) is 5.78 Å². The summed E-state index contributed by atoms with van der Waals surface area (Å²) >= 11 is 0. The number of hydrogen-bond acceptors (Lipinski definition) is 2. The molecule has 1 aliphatic rings. The SMILES string of the molecule is CCc1ccc(C(=O)c2nn(CC3CCCCC3)c3ccccc23)c2ccccc12. The third-order valence-electron chi connectivity index (χ3n) is 6.67. The number of hydrogen-bond donors (Lipinski definition) is 0. The van der Waals surface area contributed by atoms with Crippen LogP contribution in [0.3, 0.4) is 0 Å². The summed E-state index contributed by atoms with van der Waals surface area (Å²) in [5.74, 6) is 0.683. The molecule has 5 rings (SSSR count). The van der Waals surface area contributed by atoms with Gasteiger partial charge in [0.1, 0.15) is 5.69 Å². The van der Waals surface area contributed by atoms with Gasteiger partial charge in [-0.15, -0.1) is 0 Å². The monoisotopic (exact) mass is 396 g/mol. The van der Waals surface area contributed by atoms with Crippen molar-refractivity contribution >= 4 is 27.5 Å². The van der Waals surface area contributed by atoms with E-state index in [1.54, 1.807) is 0 Å². The average Bonchev–Trinajstić information content (AvgIpc) is 3.17. The van der Waals surface area contributed by atoms with Crippen molar-refractivity contribution in [1.29, 1.82) is 0 Å². The molecule has 0 spiro atoms. The molecule has 0 aliphatic heterocycles. The molecule has 1 aliphatic carbocycles. The molecule has 4 aromatic rings. The fourth-order valence-corrected chi connectivity index (χ4v) is 5.04. The first-order valence-electron chi connectivity index (χ1n) is 11.3. The summed E-state index contributed by atoms with van der Waals surface area (Å²) in [5, 5.41) is 8.02. The molecule has 30 heavy (non-hydrogen) atoms. The number of aryl methyl sites for hydroxylation is 1.